The fourth-order valence-electron chi connectivity index (χ4n) is 7.15. The average Bonchev–Trinajstić information content (AvgIpc) is 3.19. The van der Waals surface area contributed by atoms with Crippen molar-refractivity contribution in [2.24, 2.45) is 0 Å². The van der Waals surface area contributed by atoms with Crippen molar-refractivity contribution < 1.29 is 29.0 Å². The second-order valence-corrected chi connectivity index (χ2v) is 15.7. The van der Waals surface area contributed by atoms with Crippen molar-refractivity contribution in [1.29, 1.82) is 0 Å². The topological polar surface area (TPSA) is 105 Å². The zero-order chi connectivity index (χ0) is 39.9. The van der Waals surface area contributed by atoms with Gasteiger partial charge >= 0.3 is 11.9 Å². The summed E-state index contributed by atoms with van der Waals surface area (Å²) in [4.78, 5) is 40.5. The standard InChI is InChI=1S/C47H84N2O6/c1-3-5-7-9-11-13-15-17-19-21-23-25-30-34-45(51)54-40-37-49(47(53)44(48-36-39-50)42-43-32-28-27-29-33-43)38-41-55-46(52)35-31-26-24-22-20-18-16-14-12-10-8-6-4-2/h27-29,32-33,44,48,50H,3-26,30-31,34-42H2,1-2H3. The SMILES string of the molecule is CCCCCCCCCCCCCCCC(=O)OCCN(CCOC(=O)CCCCCCCCCCCCCCC)C(=O)C(Cc1ccccc1)NCCO. The Morgan fingerprint density at radius 3 is 1.29 bits per heavy atom. The van der Waals surface area contributed by atoms with E-state index in [1.807, 2.05) is 30.3 Å². The number of aliphatic hydroxyl groups is 1. The molecule has 0 spiro atoms. The van der Waals surface area contributed by atoms with Crippen LogP contribution in [-0.2, 0) is 30.3 Å². The molecule has 1 aromatic carbocycles. The van der Waals surface area contributed by atoms with E-state index in [2.05, 4.69) is 19.2 Å². The third-order valence-corrected chi connectivity index (χ3v) is 10.6. The Kier molecular flexibility index (Phi) is 35.3. The molecule has 0 aliphatic carbocycles. The van der Waals surface area contributed by atoms with Gasteiger partial charge in [-0.3, -0.25) is 14.4 Å². The predicted molar refractivity (Wildman–Crippen MR) is 228 cm³/mol. The van der Waals surface area contributed by atoms with E-state index in [1.54, 1.807) is 4.90 Å². The number of nitrogens with zero attached hydrogens (tertiary/aromatic N) is 1. The zero-order valence-electron chi connectivity index (χ0n) is 35.6. The molecule has 1 rings (SSSR count). The number of benzene rings is 1. The molecular weight excluding hydrogens is 689 g/mol. The second-order valence-electron chi connectivity index (χ2n) is 15.7. The first kappa shape index (κ1) is 50.6. The van der Waals surface area contributed by atoms with Crippen LogP contribution in [0.4, 0.5) is 0 Å². The van der Waals surface area contributed by atoms with Crippen LogP contribution in [0.1, 0.15) is 199 Å². The lowest BCUT2D eigenvalue weighted by atomic mass is 10.0. The van der Waals surface area contributed by atoms with Gasteiger partial charge in [-0.05, 0) is 24.8 Å². The molecule has 0 saturated carbocycles. The van der Waals surface area contributed by atoms with Gasteiger partial charge in [0.15, 0.2) is 0 Å². The number of ether oxygens (including phenoxy) is 2. The number of aliphatic hydroxyl groups excluding tert-OH is 1. The van der Waals surface area contributed by atoms with Crippen LogP contribution >= 0.6 is 0 Å². The lowest BCUT2D eigenvalue weighted by molar-refractivity contribution is -0.148. The highest BCUT2D eigenvalue weighted by atomic mass is 16.5. The van der Waals surface area contributed by atoms with E-state index in [-0.39, 0.29) is 57.3 Å². The highest BCUT2D eigenvalue weighted by Crippen LogP contribution is 2.15. The van der Waals surface area contributed by atoms with Gasteiger partial charge in [-0.25, -0.2) is 0 Å². The Morgan fingerprint density at radius 1 is 0.564 bits per heavy atom. The van der Waals surface area contributed by atoms with Crippen molar-refractivity contribution in [1.82, 2.24) is 10.2 Å². The molecule has 1 atom stereocenters. The molecule has 0 radical (unpaired) electrons. The maximum atomic E-state index is 13.8. The lowest BCUT2D eigenvalue weighted by Gasteiger charge is -2.28. The molecule has 318 valence electrons. The molecule has 0 aromatic heterocycles. The monoisotopic (exact) mass is 773 g/mol. The summed E-state index contributed by atoms with van der Waals surface area (Å²) in [6.07, 6.45) is 33.8. The quantitative estimate of drug-likeness (QED) is 0.0505. The fourth-order valence-corrected chi connectivity index (χ4v) is 7.15. The smallest absolute Gasteiger partial charge is 0.305 e. The molecule has 55 heavy (non-hydrogen) atoms. The van der Waals surface area contributed by atoms with E-state index < -0.39 is 6.04 Å². The van der Waals surface area contributed by atoms with Gasteiger partial charge in [0, 0.05) is 19.4 Å². The van der Waals surface area contributed by atoms with Gasteiger partial charge in [0.05, 0.1) is 25.7 Å². The third-order valence-electron chi connectivity index (χ3n) is 10.6. The Bertz CT molecular complexity index is 974. The highest BCUT2D eigenvalue weighted by molar-refractivity contribution is 5.82. The van der Waals surface area contributed by atoms with Gasteiger partial charge in [0.2, 0.25) is 5.91 Å². The molecule has 0 aliphatic rings. The normalized spacial score (nSPS) is 11.8. The lowest BCUT2D eigenvalue weighted by Crippen LogP contribution is -2.50. The van der Waals surface area contributed by atoms with Gasteiger partial charge in [0.1, 0.15) is 13.2 Å². The van der Waals surface area contributed by atoms with Crippen molar-refractivity contribution in [3.05, 3.63) is 35.9 Å². The summed E-state index contributed by atoms with van der Waals surface area (Å²) in [6.45, 7) is 5.32. The summed E-state index contributed by atoms with van der Waals surface area (Å²) in [6, 6.07) is 9.19. The van der Waals surface area contributed by atoms with E-state index in [4.69, 9.17) is 9.47 Å². The first-order valence-electron chi connectivity index (χ1n) is 23.0. The number of carbonyl (C=O) groups excluding carboxylic acids is 3. The van der Waals surface area contributed by atoms with Crippen LogP contribution in [0.5, 0.6) is 0 Å². The molecule has 0 heterocycles. The fraction of sp³-hybridized carbons (Fsp3) is 0.809. The van der Waals surface area contributed by atoms with Crippen molar-refractivity contribution in [2.75, 3.05) is 39.5 Å². The molecule has 1 unspecified atom stereocenters. The summed E-state index contributed by atoms with van der Waals surface area (Å²) >= 11 is 0. The maximum Gasteiger partial charge on any atom is 0.305 e. The molecule has 0 bridgehead atoms. The van der Waals surface area contributed by atoms with Crippen LogP contribution in [-0.4, -0.2) is 73.3 Å². The van der Waals surface area contributed by atoms with Gasteiger partial charge in [0.25, 0.3) is 0 Å². The number of rotatable bonds is 40. The number of unbranched alkanes of at least 4 members (excludes halogenated alkanes) is 24. The van der Waals surface area contributed by atoms with Gasteiger partial charge < -0.3 is 24.8 Å². The second kappa shape index (κ2) is 38.4. The molecule has 2 N–H and O–H groups in total. The van der Waals surface area contributed by atoms with Crippen LogP contribution in [0.25, 0.3) is 0 Å². The molecule has 8 heteroatoms. The van der Waals surface area contributed by atoms with Crippen molar-refractivity contribution in [3.8, 4) is 0 Å². The Morgan fingerprint density at radius 2 is 0.927 bits per heavy atom. The number of carbonyl (C=O) groups is 3. The number of esters is 2. The molecule has 0 saturated heterocycles. The number of nitrogens with one attached hydrogen (secondary N) is 1. The minimum Gasteiger partial charge on any atom is -0.464 e. The molecule has 8 nitrogen and oxygen atoms in total. The van der Waals surface area contributed by atoms with Crippen molar-refractivity contribution in [2.45, 2.75) is 206 Å². The number of amides is 1. The average molecular weight is 773 g/mol. The summed E-state index contributed by atoms with van der Waals surface area (Å²) in [5.74, 6) is -0.643. The Hall–Kier alpha value is -2.45. The van der Waals surface area contributed by atoms with Crippen LogP contribution in [0.3, 0.4) is 0 Å². The number of hydrogen-bond donors (Lipinski definition) is 2. The van der Waals surface area contributed by atoms with E-state index in [0.717, 1.165) is 44.1 Å². The van der Waals surface area contributed by atoms with Crippen LogP contribution in [0.2, 0.25) is 0 Å². The Balaban J connectivity index is 2.41. The maximum absolute atomic E-state index is 13.8. The van der Waals surface area contributed by atoms with E-state index >= 15 is 0 Å². The summed E-state index contributed by atoms with van der Waals surface area (Å²) in [7, 11) is 0. The van der Waals surface area contributed by atoms with Crippen molar-refractivity contribution in [3.63, 3.8) is 0 Å². The van der Waals surface area contributed by atoms with Crippen molar-refractivity contribution >= 4 is 17.8 Å². The summed E-state index contributed by atoms with van der Waals surface area (Å²) in [5, 5.41) is 12.7. The predicted octanol–water partition coefficient (Wildman–Crippen LogP) is 11.1. The summed E-state index contributed by atoms with van der Waals surface area (Å²) in [5.41, 5.74) is 1.000. The minimum absolute atomic E-state index is 0.0911. The summed E-state index contributed by atoms with van der Waals surface area (Å²) < 4.78 is 11.1. The van der Waals surface area contributed by atoms with Gasteiger partial charge in [-0.1, -0.05) is 198 Å². The largest absolute Gasteiger partial charge is 0.464 e. The van der Waals surface area contributed by atoms with Crippen LogP contribution in [0.15, 0.2) is 30.3 Å². The first-order chi connectivity index (χ1) is 27.0. The molecular formula is C47H84N2O6. The van der Waals surface area contributed by atoms with E-state index in [1.165, 1.54) is 128 Å². The number of hydrogen-bond acceptors (Lipinski definition) is 7. The minimum atomic E-state index is -0.572. The Labute approximate surface area is 337 Å². The van der Waals surface area contributed by atoms with E-state index in [9.17, 15) is 19.5 Å². The molecule has 1 aromatic rings. The molecule has 0 aliphatic heterocycles. The van der Waals surface area contributed by atoms with Crippen LogP contribution in [0, 0.1) is 0 Å². The first-order valence-corrected chi connectivity index (χ1v) is 23.0. The van der Waals surface area contributed by atoms with E-state index in [0.29, 0.717) is 19.3 Å². The van der Waals surface area contributed by atoms with Crippen LogP contribution < -0.4 is 5.32 Å². The third kappa shape index (κ3) is 31.3. The van der Waals surface area contributed by atoms with Gasteiger partial charge in [-0.2, -0.15) is 0 Å². The molecule has 1 amide bonds. The highest BCUT2D eigenvalue weighted by Gasteiger charge is 2.25. The molecule has 0 fully saturated rings. The zero-order valence-corrected chi connectivity index (χ0v) is 35.6. The van der Waals surface area contributed by atoms with Gasteiger partial charge in [-0.15, -0.1) is 0 Å².